The zero-order chi connectivity index (χ0) is 29.5. The smallest absolute Gasteiger partial charge is 0.251 e. The van der Waals surface area contributed by atoms with Crippen molar-refractivity contribution in [3.05, 3.63) is 95.2 Å². The molecule has 1 aliphatic rings. The van der Waals surface area contributed by atoms with Crippen LogP contribution in [0.15, 0.2) is 77.8 Å². The number of rotatable bonds is 8. The molecule has 3 aromatic carbocycles. The van der Waals surface area contributed by atoms with Gasteiger partial charge in [0.05, 0.1) is 32.1 Å². The summed E-state index contributed by atoms with van der Waals surface area (Å²) in [6.45, 7) is 1.79. The number of fused-ring (bicyclic) bond motifs is 3. The van der Waals surface area contributed by atoms with E-state index in [1.165, 1.54) is 6.26 Å². The minimum atomic E-state index is -3.27. The molecule has 0 spiro atoms. The highest BCUT2D eigenvalue weighted by Gasteiger charge is 2.33. The SMILES string of the molecule is Br.Cn1c(C[N+](C)(C)Cc2ccc(/C=C/C(=O)N3CC(CO)c4c3cc(N)c3ccccc43)cc2)ccc1S(C)(=O)=O.[Br-]. The van der Waals surface area contributed by atoms with Gasteiger partial charge in [0.15, 0.2) is 9.84 Å². The third-order valence-corrected chi connectivity index (χ3v) is 9.01. The number of nitrogens with zero attached hydrogens (tertiary/aromatic N) is 3. The molecule has 230 valence electrons. The van der Waals surface area contributed by atoms with Gasteiger partial charge in [-0.25, -0.2) is 8.42 Å². The molecule has 5 rings (SSSR count). The quantitative estimate of drug-likeness (QED) is 0.163. The second kappa shape index (κ2) is 13.4. The summed E-state index contributed by atoms with van der Waals surface area (Å²) in [5.74, 6) is -0.322. The molecule has 0 saturated heterocycles. The van der Waals surface area contributed by atoms with Crippen molar-refractivity contribution in [3.63, 3.8) is 0 Å². The van der Waals surface area contributed by atoms with E-state index in [-0.39, 0.29) is 52.4 Å². The second-order valence-corrected chi connectivity index (χ2v) is 13.6. The number of aromatic nitrogens is 1. The van der Waals surface area contributed by atoms with Crippen LogP contribution in [0, 0.1) is 0 Å². The Labute approximate surface area is 274 Å². The molecule has 3 N–H and O–H groups in total. The highest BCUT2D eigenvalue weighted by Crippen LogP contribution is 2.43. The summed E-state index contributed by atoms with van der Waals surface area (Å²) < 4.78 is 26.4. The number of anilines is 2. The van der Waals surface area contributed by atoms with Crippen LogP contribution in [0.4, 0.5) is 11.4 Å². The standard InChI is InChI=1S/C32H37N4O4S.2BrH/c1-34-25(14-16-31(34)41(4,39)40)20-36(2,3)19-23-11-9-22(10-12-23)13-15-30(38)35-18-24(21-37)32-27-8-6-5-7-26(27)28(33)17-29(32)35;;/h5-17,24,37H,18-21,33H2,1-4H3;2*1H/q+1;;/p-1/b15-13+;;. The Morgan fingerprint density at radius 1 is 1.05 bits per heavy atom. The van der Waals surface area contributed by atoms with Crippen molar-refractivity contribution in [2.45, 2.75) is 24.0 Å². The zero-order valence-corrected chi connectivity index (χ0v) is 28.8. The highest BCUT2D eigenvalue weighted by molar-refractivity contribution is 8.93. The molecule has 0 fully saturated rings. The van der Waals surface area contributed by atoms with Gasteiger partial charge in [0.1, 0.15) is 18.1 Å². The first-order valence-corrected chi connectivity index (χ1v) is 15.4. The van der Waals surface area contributed by atoms with Gasteiger partial charge in [-0.15, -0.1) is 17.0 Å². The number of nitrogens with two attached hydrogens (primary N) is 1. The van der Waals surface area contributed by atoms with Gasteiger partial charge in [0.2, 0.25) is 0 Å². The summed E-state index contributed by atoms with van der Waals surface area (Å²) in [5, 5.41) is 12.3. The molecule has 0 bridgehead atoms. The molecular formula is C32H38Br2N4O4S. The minimum Gasteiger partial charge on any atom is -1.00 e. The number of amides is 1. The fraction of sp³-hybridized carbons (Fsp3) is 0.281. The molecular weight excluding hydrogens is 696 g/mol. The number of quaternary nitrogens is 1. The lowest BCUT2D eigenvalue weighted by Crippen LogP contribution is -3.00. The lowest BCUT2D eigenvalue weighted by molar-refractivity contribution is -0.917. The highest BCUT2D eigenvalue weighted by atomic mass is 79.9. The molecule has 11 heteroatoms. The number of halogens is 2. The average molecular weight is 735 g/mol. The number of aliphatic hydroxyl groups excluding tert-OH is 1. The number of sulfone groups is 1. The molecule has 1 unspecified atom stereocenters. The molecule has 8 nitrogen and oxygen atoms in total. The monoisotopic (exact) mass is 732 g/mol. The lowest BCUT2D eigenvalue weighted by Gasteiger charge is -2.30. The van der Waals surface area contributed by atoms with Gasteiger partial charge in [-0.1, -0.05) is 48.5 Å². The van der Waals surface area contributed by atoms with Gasteiger partial charge in [-0.05, 0) is 40.8 Å². The molecule has 1 atom stereocenters. The van der Waals surface area contributed by atoms with Crippen molar-refractivity contribution in [2.24, 2.45) is 7.05 Å². The Hall–Kier alpha value is -2.96. The van der Waals surface area contributed by atoms with Crippen molar-refractivity contribution in [2.75, 3.05) is 44.1 Å². The third kappa shape index (κ3) is 7.24. The van der Waals surface area contributed by atoms with Crippen LogP contribution in [0.3, 0.4) is 0 Å². The number of aliphatic hydroxyl groups is 1. The van der Waals surface area contributed by atoms with Gasteiger partial charge in [-0.2, -0.15) is 0 Å². The Morgan fingerprint density at radius 3 is 2.30 bits per heavy atom. The van der Waals surface area contributed by atoms with E-state index in [1.807, 2.05) is 48.5 Å². The topological polar surface area (TPSA) is 106 Å². The minimum absolute atomic E-state index is 0. The maximum absolute atomic E-state index is 13.3. The van der Waals surface area contributed by atoms with E-state index in [4.69, 9.17) is 5.73 Å². The second-order valence-electron chi connectivity index (χ2n) is 11.6. The van der Waals surface area contributed by atoms with Gasteiger partial charge in [0.25, 0.3) is 5.91 Å². The number of hydrogen-bond acceptors (Lipinski definition) is 5. The summed E-state index contributed by atoms with van der Waals surface area (Å²) in [7, 11) is 2.74. The number of carbonyl (C=O) groups excluding carboxylic acids is 1. The number of benzene rings is 3. The Kier molecular flexibility index (Phi) is 10.7. The Morgan fingerprint density at radius 2 is 1.70 bits per heavy atom. The molecule has 1 aromatic heterocycles. The number of hydrogen-bond donors (Lipinski definition) is 2. The van der Waals surface area contributed by atoms with Crippen LogP contribution in [0.1, 0.15) is 28.3 Å². The third-order valence-electron chi connectivity index (χ3n) is 7.84. The van der Waals surface area contributed by atoms with E-state index in [0.29, 0.717) is 28.3 Å². The Balaban J connectivity index is 0.00000253. The summed E-state index contributed by atoms with van der Waals surface area (Å²) in [4.78, 5) is 15.0. The van der Waals surface area contributed by atoms with Crippen molar-refractivity contribution in [1.82, 2.24) is 4.57 Å². The predicted octanol–water partition coefficient (Wildman–Crippen LogP) is 1.66. The van der Waals surface area contributed by atoms with E-state index < -0.39 is 9.84 Å². The molecule has 2 heterocycles. The Bertz CT molecular complexity index is 1770. The van der Waals surface area contributed by atoms with Gasteiger partial charge >= 0.3 is 0 Å². The maximum atomic E-state index is 13.3. The fourth-order valence-corrected chi connectivity index (χ4v) is 6.80. The summed E-state index contributed by atoms with van der Waals surface area (Å²) in [6.07, 6.45) is 4.60. The molecule has 4 aromatic rings. The predicted molar refractivity (Wildman–Crippen MR) is 174 cm³/mol. The molecule has 43 heavy (non-hydrogen) atoms. The average Bonchev–Trinajstić information content (AvgIpc) is 3.48. The van der Waals surface area contributed by atoms with Crippen LogP contribution in [0.2, 0.25) is 0 Å². The van der Waals surface area contributed by atoms with E-state index >= 15 is 0 Å². The zero-order valence-electron chi connectivity index (χ0n) is 24.7. The number of carbonyl (C=O) groups is 1. The summed E-state index contributed by atoms with van der Waals surface area (Å²) >= 11 is 0. The van der Waals surface area contributed by atoms with Crippen molar-refractivity contribution in [1.29, 1.82) is 0 Å². The van der Waals surface area contributed by atoms with Gasteiger partial charge in [-0.3, -0.25) is 4.79 Å². The van der Waals surface area contributed by atoms with Crippen LogP contribution in [0.5, 0.6) is 0 Å². The molecule has 1 amide bonds. The first-order valence-electron chi connectivity index (χ1n) is 13.5. The number of nitrogen functional groups attached to an aromatic ring is 1. The largest absolute Gasteiger partial charge is 1.00 e. The van der Waals surface area contributed by atoms with Gasteiger partial charge in [0, 0.05) is 48.5 Å². The van der Waals surface area contributed by atoms with E-state index in [9.17, 15) is 18.3 Å². The summed E-state index contributed by atoms with van der Waals surface area (Å²) in [5.41, 5.74) is 11.7. The summed E-state index contributed by atoms with van der Waals surface area (Å²) in [6, 6.07) is 21.3. The molecule has 0 aliphatic carbocycles. The van der Waals surface area contributed by atoms with Gasteiger partial charge < -0.3 is 41.8 Å². The molecule has 1 aliphatic heterocycles. The first-order chi connectivity index (χ1) is 19.4. The van der Waals surface area contributed by atoms with Crippen LogP contribution < -0.4 is 27.6 Å². The van der Waals surface area contributed by atoms with Crippen LogP contribution in [0.25, 0.3) is 16.8 Å². The van der Waals surface area contributed by atoms with Crippen molar-refractivity contribution >= 4 is 60.9 Å². The van der Waals surface area contributed by atoms with E-state index in [1.54, 1.807) is 34.7 Å². The normalized spacial score (nSPS) is 14.9. The first kappa shape index (κ1) is 34.5. The van der Waals surface area contributed by atoms with E-state index in [0.717, 1.165) is 45.4 Å². The van der Waals surface area contributed by atoms with Crippen LogP contribution >= 0.6 is 17.0 Å². The molecule has 0 radical (unpaired) electrons. The van der Waals surface area contributed by atoms with Crippen molar-refractivity contribution in [3.8, 4) is 0 Å². The maximum Gasteiger partial charge on any atom is 0.251 e. The van der Waals surface area contributed by atoms with E-state index in [2.05, 4.69) is 26.2 Å². The van der Waals surface area contributed by atoms with Crippen molar-refractivity contribution < 1.29 is 39.8 Å². The lowest BCUT2D eigenvalue weighted by atomic mass is 9.94. The van der Waals surface area contributed by atoms with Crippen LogP contribution in [-0.4, -0.2) is 62.0 Å². The fourth-order valence-electron chi connectivity index (χ4n) is 5.87. The molecule has 0 saturated carbocycles. The van der Waals surface area contributed by atoms with Crippen LogP contribution in [-0.2, 0) is 34.8 Å².